The number of aliphatic imine (C=N–C) groups is 1. The number of guanidine groups is 1. The highest BCUT2D eigenvalue weighted by Crippen LogP contribution is 2.25. The first-order valence-corrected chi connectivity index (χ1v) is 9.80. The van der Waals surface area contributed by atoms with E-state index in [0.29, 0.717) is 6.54 Å². The predicted octanol–water partition coefficient (Wildman–Crippen LogP) is 3.09. The zero-order chi connectivity index (χ0) is 19.8. The van der Waals surface area contributed by atoms with Crippen molar-refractivity contribution in [2.45, 2.75) is 6.54 Å². The molecule has 3 N–H and O–H groups in total. The van der Waals surface area contributed by atoms with E-state index >= 15 is 0 Å². The van der Waals surface area contributed by atoms with E-state index in [4.69, 9.17) is 9.47 Å². The van der Waals surface area contributed by atoms with Gasteiger partial charge in [-0.15, -0.1) is 0 Å². The fourth-order valence-electron chi connectivity index (χ4n) is 2.70. The minimum atomic E-state index is 0.595. The van der Waals surface area contributed by atoms with Gasteiger partial charge in [0.1, 0.15) is 11.5 Å². The van der Waals surface area contributed by atoms with Crippen LogP contribution in [-0.4, -0.2) is 45.3 Å². The lowest BCUT2D eigenvalue weighted by Gasteiger charge is -2.14. The number of benzene rings is 2. The highest BCUT2D eigenvalue weighted by molar-refractivity contribution is 7.22. The number of nitrogens with one attached hydrogen (secondary N) is 3. The molecule has 0 amide bonds. The van der Waals surface area contributed by atoms with Gasteiger partial charge >= 0.3 is 0 Å². The molecule has 0 aliphatic heterocycles. The number of nitrogens with zero attached hydrogens (tertiary/aromatic N) is 2. The van der Waals surface area contributed by atoms with Gasteiger partial charge < -0.3 is 25.4 Å². The third-order valence-electron chi connectivity index (χ3n) is 4.15. The first kappa shape index (κ1) is 19.8. The van der Waals surface area contributed by atoms with Crippen LogP contribution in [0.5, 0.6) is 11.5 Å². The predicted molar refractivity (Wildman–Crippen MR) is 116 cm³/mol. The van der Waals surface area contributed by atoms with Crippen LogP contribution in [0.3, 0.4) is 0 Å². The van der Waals surface area contributed by atoms with Crippen molar-refractivity contribution in [2.75, 3.05) is 39.7 Å². The van der Waals surface area contributed by atoms with Crippen LogP contribution in [0.15, 0.2) is 47.5 Å². The topological polar surface area (TPSA) is 79.8 Å². The van der Waals surface area contributed by atoms with Crippen LogP contribution in [0, 0.1) is 0 Å². The second kappa shape index (κ2) is 9.80. The standard InChI is InChI=1S/C20H25N5O2S/c1-21-19(24-13-14-8-9-15(26-2)12-17(14)27-3)22-10-11-23-20-25-16-6-4-5-7-18(16)28-20/h4-9,12H,10-11,13H2,1-3H3,(H,23,25)(H2,21,22,24). The lowest BCUT2D eigenvalue weighted by molar-refractivity contribution is 0.390. The van der Waals surface area contributed by atoms with E-state index in [1.54, 1.807) is 32.6 Å². The van der Waals surface area contributed by atoms with Crippen LogP contribution in [0.25, 0.3) is 10.2 Å². The fourth-order valence-corrected chi connectivity index (χ4v) is 3.59. The summed E-state index contributed by atoms with van der Waals surface area (Å²) in [6.07, 6.45) is 0. The lowest BCUT2D eigenvalue weighted by Crippen LogP contribution is -2.39. The van der Waals surface area contributed by atoms with E-state index in [1.165, 1.54) is 4.70 Å². The molecule has 0 bridgehead atoms. The number of rotatable bonds is 8. The number of methoxy groups -OCH3 is 2. The van der Waals surface area contributed by atoms with E-state index in [1.807, 2.05) is 36.4 Å². The maximum absolute atomic E-state index is 5.43. The molecule has 0 saturated heterocycles. The number of aromatic nitrogens is 1. The van der Waals surface area contributed by atoms with Gasteiger partial charge in [0, 0.05) is 38.3 Å². The van der Waals surface area contributed by atoms with E-state index in [2.05, 4.69) is 32.0 Å². The average Bonchev–Trinajstić information content (AvgIpc) is 3.16. The van der Waals surface area contributed by atoms with Gasteiger partial charge in [-0.3, -0.25) is 4.99 Å². The Morgan fingerprint density at radius 3 is 2.68 bits per heavy atom. The molecular weight excluding hydrogens is 374 g/mol. The SMILES string of the molecule is CN=C(NCCNc1nc2ccccc2s1)NCc1ccc(OC)cc1OC. The zero-order valence-electron chi connectivity index (χ0n) is 16.3. The molecule has 0 aliphatic rings. The molecule has 3 aromatic rings. The van der Waals surface area contributed by atoms with Crippen molar-refractivity contribution in [3.8, 4) is 11.5 Å². The molecule has 0 aliphatic carbocycles. The van der Waals surface area contributed by atoms with E-state index in [9.17, 15) is 0 Å². The summed E-state index contributed by atoms with van der Waals surface area (Å²) in [7, 11) is 5.04. The molecule has 148 valence electrons. The van der Waals surface area contributed by atoms with E-state index in [0.717, 1.165) is 46.8 Å². The number of ether oxygens (including phenoxy) is 2. The summed E-state index contributed by atoms with van der Waals surface area (Å²) < 4.78 is 11.8. The number of para-hydroxylation sites is 1. The Kier molecular flexibility index (Phi) is 6.91. The maximum Gasteiger partial charge on any atom is 0.191 e. The molecule has 0 radical (unpaired) electrons. The van der Waals surface area contributed by atoms with Gasteiger partial charge in [-0.1, -0.05) is 23.5 Å². The Labute approximate surface area is 168 Å². The molecule has 2 aromatic carbocycles. The smallest absolute Gasteiger partial charge is 0.191 e. The van der Waals surface area contributed by atoms with Crippen molar-refractivity contribution in [3.63, 3.8) is 0 Å². The first-order chi connectivity index (χ1) is 13.7. The van der Waals surface area contributed by atoms with Crippen LogP contribution in [0.1, 0.15) is 5.56 Å². The number of hydrogen-bond acceptors (Lipinski definition) is 6. The molecule has 0 spiro atoms. The average molecular weight is 400 g/mol. The molecular formula is C20H25N5O2S. The van der Waals surface area contributed by atoms with Crippen molar-refractivity contribution in [3.05, 3.63) is 48.0 Å². The van der Waals surface area contributed by atoms with Crippen LogP contribution < -0.4 is 25.4 Å². The Hall–Kier alpha value is -3.00. The number of thiazole rings is 1. The molecule has 28 heavy (non-hydrogen) atoms. The largest absolute Gasteiger partial charge is 0.497 e. The van der Waals surface area contributed by atoms with Crippen LogP contribution >= 0.6 is 11.3 Å². The van der Waals surface area contributed by atoms with Gasteiger partial charge in [0.15, 0.2) is 11.1 Å². The van der Waals surface area contributed by atoms with E-state index in [-0.39, 0.29) is 0 Å². The van der Waals surface area contributed by atoms with Crippen molar-refractivity contribution >= 4 is 32.6 Å². The van der Waals surface area contributed by atoms with Crippen LogP contribution in [0.2, 0.25) is 0 Å². The van der Waals surface area contributed by atoms with Crippen molar-refractivity contribution in [1.82, 2.24) is 15.6 Å². The summed E-state index contributed by atoms with van der Waals surface area (Å²) in [4.78, 5) is 8.83. The normalized spacial score (nSPS) is 11.3. The van der Waals surface area contributed by atoms with Gasteiger partial charge in [0.2, 0.25) is 0 Å². The summed E-state index contributed by atoms with van der Waals surface area (Å²) in [5.41, 5.74) is 2.05. The van der Waals surface area contributed by atoms with Crippen LogP contribution in [0.4, 0.5) is 5.13 Å². The number of fused-ring (bicyclic) bond motifs is 1. The van der Waals surface area contributed by atoms with Gasteiger partial charge in [-0.25, -0.2) is 4.98 Å². The summed E-state index contributed by atoms with van der Waals surface area (Å²) in [5, 5.41) is 10.9. The molecule has 0 saturated carbocycles. The van der Waals surface area contributed by atoms with Gasteiger partial charge in [-0.2, -0.15) is 0 Å². The van der Waals surface area contributed by atoms with E-state index < -0.39 is 0 Å². The van der Waals surface area contributed by atoms with Gasteiger partial charge in [0.05, 0.1) is 24.4 Å². The van der Waals surface area contributed by atoms with Crippen molar-refractivity contribution < 1.29 is 9.47 Å². The quantitative estimate of drug-likeness (QED) is 0.307. The minimum absolute atomic E-state index is 0.595. The molecule has 1 aromatic heterocycles. The number of anilines is 1. The molecule has 8 heteroatoms. The summed E-state index contributed by atoms with van der Waals surface area (Å²) >= 11 is 1.66. The van der Waals surface area contributed by atoms with Crippen molar-refractivity contribution in [1.29, 1.82) is 0 Å². The Morgan fingerprint density at radius 2 is 1.93 bits per heavy atom. The first-order valence-electron chi connectivity index (χ1n) is 8.98. The third kappa shape index (κ3) is 5.04. The fraction of sp³-hybridized carbons (Fsp3) is 0.300. The molecule has 3 rings (SSSR count). The molecule has 7 nitrogen and oxygen atoms in total. The number of hydrogen-bond donors (Lipinski definition) is 3. The molecule has 0 fully saturated rings. The Bertz CT molecular complexity index is 908. The van der Waals surface area contributed by atoms with Crippen LogP contribution in [-0.2, 0) is 6.54 Å². The highest BCUT2D eigenvalue weighted by Gasteiger charge is 2.06. The monoisotopic (exact) mass is 399 g/mol. The minimum Gasteiger partial charge on any atom is -0.497 e. The lowest BCUT2D eigenvalue weighted by atomic mass is 10.2. The summed E-state index contributed by atoms with van der Waals surface area (Å²) in [5.74, 6) is 2.27. The zero-order valence-corrected chi connectivity index (χ0v) is 17.1. The van der Waals surface area contributed by atoms with Gasteiger partial charge in [-0.05, 0) is 24.3 Å². The summed E-state index contributed by atoms with van der Waals surface area (Å²) in [6, 6.07) is 13.9. The summed E-state index contributed by atoms with van der Waals surface area (Å²) in [6.45, 7) is 2.06. The van der Waals surface area contributed by atoms with Crippen molar-refractivity contribution in [2.24, 2.45) is 4.99 Å². The third-order valence-corrected chi connectivity index (χ3v) is 5.15. The maximum atomic E-state index is 5.43. The second-order valence-corrected chi connectivity index (χ2v) is 6.97. The Morgan fingerprint density at radius 1 is 1.07 bits per heavy atom. The molecule has 0 atom stereocenters. The highest BCUT2D eigenvalue weighted by atomic mass is 32.1. The second-order valence-electron chi connectivity index (χ2n) is 5.94. The van der Waals surface area contributed by atoms with Gasteiger partial charge in [0.25, 0.3) is 0 Å². The molecule has 1 heterocycles. The molecule has 0 unspecified atom stereocenters. The Balaban J connectivity index is 1.46.